The van der Waals surface area contributed by atoms with Gasteiger partial charge in [-0.15, -0.1) is 0 Å². The fourth-order valence-corrected chi connectivity index (χ4v) is 5.90. The van der Waals surface area contributed by atoms with Crippen molar-refractivity contribution in [3.05, 3.63) is 63.2 Å². The van der Waals surface area contributed by atoms with E-state index in [1.165, 1.54) is 24.1 Å². The Morgan fingerprint density at radius 3 is 2.42 bits per heavy atom. The van der Waals surface area contributed by atoms with Crippen LogP contribution in [0.3, 0.4) is 0 Å². The third-order valence-electron chi connectivity index (χ3n) is 6.96. The molecule has 2 aromatic rings. The molecule has 40 heavy (non-hydrogen) atoms. The summed E-state index contributed by atoms with van der Waals surface area (Å²) >= 11 is 6.39. The molecule has 13 heteroatoms. The highest BCUT2D eigenvalue weighted by Gasteiger charge is 2.34. The minimum atomic E-state index is -4.12. The average Bonchev–Trinajstić information content (AvgIpc) is 2.92. The van der Waals surface area contributed by atoms with E-state index in [2.05, 4.69) is 5.32 Å². The monoisotopic (exact) mass is 594 g/mol. The van der Waals surface area contributed by atoms with Crippen LogP contribution in [0.5, 0.6) is 5.75 Å². The van der Waals surface area contributed by atoms with Gasteiger partial charge in [0.25, 0.3) is 5.69 Å². The molecular weight excluding hydrogens is 560 g/mol. The first-order valence-corrected chi connectivity index (χ1v) is 15.3. The predicted molar refractivity (Wildman–Crippen MR) is 153 cm³/mol. The zero-order chi connectivity index (χ0) is 29.4. The van der Waals surface area contributed by atoms with Gasteiger partial charge in [0.2, 0.25) is 21.8 Å². The quantitative estimate of drug-likeness (QED) is 0.286. The van der Waals surface area contributed by atoms with E-state index in [4.69, 9.17) is 16.3 Å². The third-order valence-corrected chi connectivity index (χ3v) is 8.45. The molecule has 2 amide bonds. The maximum Gasteiger partial charge on any atom is 0.271 e. The number of carbonyl (C=O) groups excluding carboxylic acids is 2. The van der Waals surface area contributed by atoms with Crippen molar-refractivity contribution in [2.45, 2.75) is 64.1 Å². The van der Waals surface area contributed by atoms with E-state index in [1.807, 2.05) is 0 Å². The van der Waals surface area contributed by atoms with Gasteiger partial charge in [0.05, 0.1) is 18.3 Å². The topological polar surface area (TPSA) is 139 Å². The first-order valence-electron chi connectivity index (χ1n) is 13.1. The number of non-ortho nitro benzene ring substituents is 1. The molecule has 0 saturated heterocycles. The van der Waals surface area contributed by atoms with E-state index in [0.717, 1.165) is 48.7 Å². The molecule has 1 aliphatic rings. The molecule has 1 unspecified atom stereocenters. The minimum absolute atomic E-state index is 0.00853. The van der Waals surface area contributed by atoms with Gasteiger partial charge in [-0.05, 0) is 37.0 Å². The summed E-state index contributed by atoms with van der Waals surface area (Å²) in [4.78, 5) is 39.5. The van der Waals surface area contributed by atoms with Crippen molar-refractivity contribution < 1.29 is 27.7 Å². The summed E-state index contributed by atoms with van der Waals surface area (Å²) in [6.07, 6.45) is 6.02. The van der Waals surface area contributed by atoms with Crippen molar-refractivity contribution in [3.63, 3.8) is 0 Å². The number of methoxy groups -OCH3 is 1. The lowest BCUT2D eigenvalue weighted by Crippen LogP contribution is -2.54. The molecule has 218 valence electrons. The number of sulfonamides is 1. The van der Waals surface area contributed by atoms with Crippen molar-refractivity contribution in [1.29, 1.82) is 0 Å². The minimum Gasteiger partial charge on any atom is -0.495 e. The summed E-state index contributed by atoms with van der Waals surface area (Å²) in [6.45, 7) is 1.02. The van der Waals surface area contributed by atoms with Crippen LogP contribution in [0.2, 0.25) is 5.02 Å². The Kier molecular flexibility index (Phi) is 10.7. The zero-order valence-corrected chi connectivity index (χ0v) is 24.4. The van der Waals surface area contributed by atoms with E-state index in [-0.39, 0.29) is 42.0 Å². The fourth-order valence-electron chi connectivity index (χ4n) is 4.86. The Labute approximate surface area is 239 Å². The fraction of sp³-hybridized carbons (Fsp3) is 0.481. The largest absolute Gasteiger partial charge is 0.495 e. The number of nitro benzene ring substituents is 1. The van der Waals surface area contributed by atoms with Gasteiger partial charge < -0.3 is 15.0 Å². The molecule has 1 fully saturated rings. The van der Waals surface area contributed by atoms with E-state index in [9.17, 15) is 28.1 Å². The lowest BCUT2D eigenvalue weighted by atomic mass is 9.95. The molecule has 0 bridgehead atoms. The smallest absolute Gasteiger partial charge is 0.271 e. The molecule has 1 N–H and O–H groups in total. The highest BCUT2D eigenvalue weighted by atomic mass is 35.5. The number of nitro groups is 1. The lowest BCUT2D eigenvalue weighted by molar-refractivity contribution is -0.384. The maximum absolute atomic E-state index is 13.9. The number of amides is 2. The highest BCUT2D eigenvalue weighted by Crippen LogP contribution is 2.34. The third kappa shape index (κ3) is 7.85. The van der Waals surface area contributed by atoms with Gasteiger partial charge in [-0.25, -0.2) is 8.42 Å². The Balaban J connectivity index is 2.01. The summed E-state index contributed by atoms with van der Waals surface area (Å²) in [7, 11) is -2.83. The van der Waals surface area contributed by atoms with Crippen molar-refractivity contribution in [3.8, 4) is 5.75 Å². The molecule has 1 saturated carbocycles. The summed E-state index contributed by atoms with van der Waals surface area (Å²) in [5.41, 5.74) is 0.0494. The summed E-state index contributed by atoms with van der Waals surface area (Å²) < 4.78 is 31.9. The van der Waals surface area contributed by atoms with Gasteiger partial charge >= 0.3 is 0 Å². The van der Waals surface area contributed by atoms with Crippen molar-refractivity contribution in [2.75, 3.05) is 24.2 Å². The number of anilines is 1. The van der Waals surface area contributed by atoms with E-state index >= 15 is 0 Å². The second kappa shape index (κ2) is 13.8. The highest BCUT2D eigenvalue weighted by molar-refractivity contribution is 7.92. The van der Waals surface area contributed by atoms with Crippen LogP contribution in [0, 0.1) is 10.1 Å². The van der Waals surface area contributed by atoms with Crippen LogP contribution in [-0.4, -0.2) is 62.0 Å². The molecule has 1 atom stereocenters. The number of nitrogens with one attached hydrogen (secondary N) is 1. The molecule has 0 aliphatic heterocycles. The van der Waals surface area contributed by atoms with Crippen LogP contribution < -0.4 is 14.4 Å². The number of carbonyl (C=O) groups is 2. The molecule has 11 nitrogen and oxygen atoms in total. The van der Waals surface area contributed by atoms with Crippen LogP contribution in [0.4, 0.5) is 11.4 Å². The van der Waals surface area contributed by atoms with Crippen LogP contribution >= 0.6 is 11.6 Å². The number of benzene rings is 2. The summed E-state index contributed by atoms with van der Waals surface area (Å²) in [5, 5.41) is 14.9. The van der Waals surface area contributed by atoms with Crippen molar-refractivity contribution in [1.82, 2.24) is 10.2 Å². The summed E-state index contributed by atoms with van der Waals surface area (Å²) in [5.74, 6) is -0.971. The second-order valence-corrected chi connectivity index (χ2v) is 12.1. The van der Waals surface area contributed by atoms with Gasteiger partial charge in [-0.2, -0.15) is 0 Å². The SMILES string of the molecule is CCC(C(=O)NC1CCCCC1)N(Cc1ccccc1Cl)C(=O)CN(c1cc([N+](=O)[O-])ccc1OC)S(C)(=O)=O. The van der Waals surface area contributed by atoms with Gasteiger partial charge in [-0.3, -0.25) is 24.0 Å². The number of hydrogen-bond donors (Lipinski definition) is 1. The molecule has 2 aromatic carbocycles. The molecule has 0 radical (unpaired) electrons. The number of nitrogens with zero attached hydrogens (tertiary/aromatic N) is 3. The molecule has 0 heterocycles. The van der Waals surface area contributed by atoms with E-state index in [0.29, 0.717) is 10.6 Å². The molecule has 3 rings (SSSR count). The Morgan fingerprint density at radius 1 is 1.18 bits per heavy atom. The van der Waals surface area contributed by atoms with Crippen LogP contribution in [-0.2, 0) is 26.2 Å². The van der Waals surface area contributed by atoms with Crippen molar-refractivity contribution >= 4 is 44.8 Å². The Hall–Kier alpha value is -3.38. The number of halogens is 1. The second-order valence-electron chi connectivity index (χ2n) is 9.76. The van der Waals surface area contributed by atoms with Gasteiger partial charge in [0.1, 0.15) is 24.0 Å². The Morgan fingerprint density at radius 2 is 1.85 bits per heavy atom. The predicted octanol–water partition coefficient (Wildman–Crippen LogP) is 4.28. The van der Waals surface area contributed by atoms with Gasteiger partial charge in [-0.1, -0.05) is 56.0 Å². The molecule has 0 aromatic heterocycles. The number of rotatable bonds is 12. The van der Waals surface area contributed by atoms with Crippen LogP contribution in [0.1, 0.15) is 51.0 Å². The van der Waals surface area contributed by atoms with Crippen LogP contribution in [0.15, 0.2) is 42.5 Å². The lowest BCUT2D eigenvalue weighted by Gasteiger charge is -2.34. The number of hydrogen-bond acceptors (Lipinski definition) is 7. The normalized spacial score (nSPS) is 14.7. The van der Waals surface area contributed by atoms with E-state index < -0.39 is 33.4 Å². The standard InChI is InChI=1S/C27H35ClN4O7S/c1-4-23(27(34)29-20-11-6-5-7-12-20)30(17-19-10-8-9-13-22(19)28)26(33)18-31(40(3,37)38)24-16-21(32(35)36)14-15-25(24)39-2/h8-10,13-16,20,23H,4-7,11-12,17-18H2,1-3H3,(H,29,34). The summed E-state index contributed by atoms with van der Waals surface area (Å²) in [6, 6.07) is 9.48. The van der Waals surface area contributed by atoms with Gasteiger partial charge in [0.15, 0.2) is 0 Å². The molecule has 0 spiro atoms. The zero-order valence-electron chi connectivity index (χ0n) is 22.8. The van der Waals surface area contributed by atoms with Crippen molar-refractivity contribution in [2.24, 2.45) is 0 Å². The molecule has 1 aliphatic carbocycles. The molecular formula is C27H35ClN4O7S. The average molecular weight is 595 g/mol. The van der Waals surface area contributed by atoms with Crippen LogP contribution in [0.25, 0.3) is 0 Å². The first kappa shape index (κ1) is 31.2. The first-order chi connectivity index (χ1) is 19.0. The Bertz CT molecular complexity index is 1330. The van der Waals surface area contributed by atoms with E-state index in [1.54, 1.807) is 31.2 Å². The number of ether oxygens (including phenoxy) is 1. The maximum atomic E-state index is 13.9. The van der Waals surface area contributed by atoms with Gasteiger partial charge in [0, 0.05) is 29.7 Å².